The molecule has 0 unspecified atom stereocenters. The lowest BCUT2D eigenvalue weighted by molar-refractivity contribution is 0.0698. The Hall–Kier alpha value is -3.64. The molecule has 4 rings (SSSR count). The van der Waals surface area contributed by atoms with E-state index in [0.717, 1.165) is 5.56 Å². The fraction of sp³-hybridized carbons (Fsp3) is 0.154. The summed E-state index contributed by atoms with van der Waals surface area (Å²) in [4.78, 5) is 24.9. The normalized spacial score (nSPS) is 12.0. The minimum Gasteiger partial charge on any atom is -0.478 e. The molecule has 1 atom stereocenters. The van der Waals surface area contributed by atoms with Crippen molar-refractivity contribution in [3.63, 3.8) is 0 Å². The highest BCUT2D eigenvalue weighted by molar-refractivity contribution is 6.31. The smallest absolute Gasteiger partial charge is 0.337 e. The van der Waals surface area contributed by atoms with Crippen LogP contribution in [0.4, 0.5) is 10.1 Å². The van der Waals surface area contributed by atoms with E-state index in [4.69, 9.17) is 16.0 Å². The number of hydrogen-bond donors (Lipinski definition) is 2. The zero-order chi connectivity index (χ0) is 23.9. The lowest BCUT2D eigenvalue weighted by Crippen LogP contribution is -2.14. The molecular weight excluding hydrogens is 445 g/mol. The van der Waals surface area contributed by atoms with E-state index in [2.05, 4.69) is 5.32 Å². The Morgan fingerprint density at radius 1 is 1.12 bits per heavy atom. The van der Waals surface area contributed by atoms with Crippen LogP contribution in [-0.4, -0.2) is 11.1 Å². The maximum absolute atomic E-state index is 13.8. The second-order valence-corrected chi connectivity index (χ2v) is 8.42. The number of fused-ring (bicyclic) bond motifs is 1. The number of carbonyl (C=O) groups is 1. The lowest BCUT2D eigenvalue weighted by Gasteiger charge is -2.20. The number of rotatable bonds is 5. The van der Waals surface area contributed by atoms with E-state index in [0.29, 0.717) is 44.1 Å². The van der Waals surface area contributed by atoms with Crippen LogP contribution in [0.25, 0.3) is 22.3 Å². The molecule has 0 saturated heterocycles. The van der Waals surface area contributed by atoms with Crippen LogP contribution in [0.5, 0.6) is 0 Å². The lowest BCUT2D eigenvalue weighted by atomic mass is 9.98. The van der Waals surface area contributed by atoms with Gasteiger partial charge in [0.2, 0.25) is 0 Å². The molecule has 0 aliphatic carbocycles. The van der Waals surface area contributed by atoms with Crippen molar-refractivity contribution in [3.05, 3.63) is 97.9 Å². The average molecular weight is 466 g/mol. The van der Waals surface area contributed by atoms with Gasteiger partial charge in [0.15, 0.2) is 5.43 Å². The first kappa shape index (κ1) is 22.6. The topological polar surface area (TPSA) is 79.5 Å². The Labute approximate surface area is 194 Å². The van der Waals surface area contributed by atoms with Crippen LogP contribution in [0.15, 0.2) is 63.8 Å². The summed E-state index contributed by atoms with van der Waals surface area (Å²) in [6.07, 6.45) is 0. The van der Waals surface area contributed by atoms with Gasteiger partial charge < -0.3 is 14.8 Å². The molecule has 33 heavy (non-hydrogen) atoms. The molecular formula is C26H21ClFNO4. The summed E-state index contributed by atoms with van der Waals surface area (Å²) in [6.45, 7) is 5.37. The zero-order valence-electron chi connectivity index (χ0n) is 18.2. The summed E-state index contributed by atoms with van der Waals surface area (Å²) in [7, 11) is 0. The first-order valence-electron chi connectivity index (χ1n) is 10.3. The summed E-state index contributed by atoms with van der Waals surface area (Å²) in [5, 5.41) is 13.5. The number of halogens is 2. The van der Waals surface area contributed by atoms with Crippen molar-refractivity contribution in [1.29, 1.82) is 0 Å². The second-order valence-electron chi connectivity index (χ2n) is 7.99. The number of aryl methyl sites for hydroxylation is 1. The molecule has 7 heteroatoms. The third-order valence-electron chi connectivity index (χ3n) is 5.53. The van der Waals surface area contributed by atoms with Crippen LogP contribution < -0.4 is 10.7 Å². The van der Waals surface area contributed by atoms with Crippen LogP contribution in [0.2, 0.25) is 5.02 Å². The zero-order valence-corrected chi connectivity index (χ0v) is 19.0. The number of benzene rings is 3. The molecule has 0 aliphatic heterocycles. The summed E-state index contributed by atoms with van der Waals surface area (Å²) < 4.78 is 20.1. The Kier molecular flexibility index (Phi) is 5.95. The fourth-order valence-corrected chi connectivity index (χ4v) is 4.10. The van der Waals surface area contributed by atoms with Gasteiger partial charge in [-0.3, -0.25) is 4.79 Å². The molecule has 0 fully saturated rings. The predicted octanol–water partition coefficient (Wildman–Crippen LogP) is 6.74. The maximum Gasteiger partial charge on any atom is 0.337 e. The van der Waals surface area contributed by atoms with E-state index in [1.165, 1.54) is 18.2 Å². The third kappa shape index (κ3) is 4.34. The predicted molar refractivity (Wildman–Crippen MR) is 128 cm³/mol. The van der Waals surface area contributed by atoms with E-state index >= 15 is 0 Å². The molecule has 0 bridgehead atoms. The number of anilines is 1. The Morgan fingerprint density at radius 2 is 1.88 bits per heavy atom. The van der Waals surface area contributed by atoms with Crippen LogP contribution >= 0.6 is 11.6 Å². The van der Waals surface area contributed by atoms with Gasteiger partial charge in [0.25, 0.3) is 0 Å². The van der Waals surface area contributed by atoms with Crippen molar-refractivity contribution >= 4 is 34.2 Å². The molecule has 0 aliphatic rings. The van der Waals surface area contributed by atoms with Gasteiger partial charge in [-0.2, -0.15) is 0 Å². The van der Waals surface area contributed by atoms with Crippen molar-refractivity contribution in [1.82, 2.24) is 0 Å². The molecule has 168 valence electrons. The minimum absolute atomic E-state index is 0.0315. The largest absolute Gasteiger partial charge is 0.478 e. The number of aromatic carboxylic acids is 1. The second kappa shape index (κ2) is 8.71. The first-order valence-corrected chi connectivity index (χ1v) is 10.7. The van der Waals surface area contributed by atoms with Crippen LogP contribution in [-0.2, 0) is 0 Å². The molecule has 1 aromatic heterocycles. The summed E-state index contributed by atoms with van der Waals surface area (Å²) in [6, 6.07) is 13.7. The molecule has 1 heterocycles. The Balaban J connectivity index is 1.89. The summed E-state index contributed by atoms with van der Waals surface area (Å²) in [5.74, 6) is -1.25. The maximum atomic E-state index is 13.8. The summed E-state index contributed by atoms with van der Waals surface area (Å²) >= 11 is 5.96. The number of carboxylic acid groups (broad SMARTS) is 1. The van der Waals surface area contributed by atoms with Crippen molar-refractivity contribution in [2.75, 3.05) is 5.32 Å². The molecule has 0 radical (unpaired) electrons. The van der Waals surface area contributed by atoms with Crippen molar-refractivity contribution < 1.29 is 18.7 Å². The minimum atomic E-state index is -1.11. The third-order valence-corrected chi connectivity index (χ3v) is 5.76. The molecule has 0 amide bonds. The first-order chi connectivity index (χ1) is 15.7. The quantitative estimate of drug-likeness (QED) is 0.341. The highest BCUT2D eigenvalue weighted by Crippen LogP contribution is 2.33. The molecule has 0 spiro atoms. The van der Waals surface area contributed by atoms with Crippen LogP contribution in [0, 0.1) is 19.7 Å². The van der Waals surface area contributed by atoms with Gasteiger partial charge >= 0.3 is 5.97 Å². The van der Waals surface area contributed by atoms with Gasteiger partial charge in [0.1, 0.15) is 17.2 Å². The van der Waals surface area contributed by atoms with Gasteiger partial charge in [0, 0.05) is 27.4 Å². The number of nitrogens with one attached hydrogen (secondary N) is 1. The average Bonchev–Trinajstić information content (AvgIpc) is 2.77. The monoisotopic (exact) mass is 465 g/mol. The van der Waals surface area contributed by atoms with E-state index < -0.39 is 17.8 Å². The number of carboxylic acids is 1. The van der Waals surface area contributed by atoms with Crippen molar-refractivity contribution in [2.45, 2.75) is 26.8 Å². The molecule has 5 nitrogen and oxygen atoms in total. The van der Waals surface area contributed by atoms with E-state index in [1.807, 2.05) is 19.9 Å². The van der Waals surface area contributed by atoms with Gasteiger partial charge in [0.05, 0.1) is 17.0 Å². The molecule has 2 N–H and O–H groups in total. The molecule has 4 aromatic rings. The Morgan fingerprint density at radius 3 is 2.58 bits per heavy atom. The van der Waals surface area contributed by atoms with Gasteiger partial charge in [-0.1, -0.05) is 29.8 Å². The van der Waals surface area contributed by atoms with Crippen LogP contribution in [0.3, 0.4) is 0 Å². The van der Waals surface area contributed by atoms with Gasteiger partial charge in [-0.25, -0.2) is 9.18 Å². The van der Waals surface area contributed by atoms with E-state index in [9.17, 15) is 19.1 Å². The van der Waals surface area contributed by atoms with E-state index in [1.54, 1.807) is 37.3 Å². The highest BCUT2D eigenvalue weighted by Gasteiger charge is 2.20. The SMILES string of the molecule is Cc1cc([C@@H](C)Nc2ccc(Cl)cc2C(=O)O)c2oc(-c3cccc(F)c3)c(C)c(=O)c2c1. The standard InChI is InChI=1S/C26H21ClFNO4/c1-13-9-19(15(3)29-22-8-7-17(27)12-20(22)26(31)32)25-21(10-13)23(30)14(2)24(33-25)16-5-4-6-18(28)11-16/h4-12,15,29H,1-3H3,(H,31,32)/t15-/m1/s1. The summed E-state index contributed by atoms with van der Waals surface area (Å²) in [5.41, 5.74) is 2.95. The number of hydrogen-bond acceptors (Lipinski definition) is 4. The molecule has 3 aromatic carbocycles. The molecule has 0 saturated carbocycles. The fourth-order valence-electron chi connectivity index (χ4n) is 3.92. The Bertz CT molecular complexity index is 1460. The highest BCUT2D eigenvalue weighted by atomic mass is 35.5. The van der Waals surface area contributed by atoms with Gasteiger partial charge in [-0.05, 0) is 62.7 Å². The van der Waals surface area contributed by atoms with Crippen molar-refractivity contribution in [3.8, 4) is 11.3 Å². The van der Waals surface area contributed by atoms with E-state index in [-0.39, 0.29) is 11.0 Å². The van der Waals surface area contributed by atoms with Crippen LogP contribution in [0.1, 0.15) is 40.0 Å². The van der Waals surface area contributed by atoms with Gasteiger partial charge in [-0.15, -0.1) is 0 Å². The van der Waals surface area contributed by atoms with Crippen molar-refractivity contribution in [2.24, 2.45) is 0 Å².